The van der Waals surface area contributed by atoms with Crippen LogP contribution in [0.5, 0.6) is 0 Å². The molecule has 1 atom stereocenters. The zero-order valence-corrected chi connectivity index (χ0v) is 16.9. The van der Waals surface area contributed by atoms with Gasteiger partial charge in [0.15, 0.2) is 0 Å². The van der Waals surface area contributed by atoms with Crippen molar-refractivity contribution in [3.63, 3.8) is 0 Å². The number of rotatable bonds is 5. The summed E-state index contributed by atoms with van der Waals surface area (Å²) in [6, 6.07) is 15.8. The van der Waals surface area contributed by atoms with Gasteiger partial charge in [0.2, 0.25) is 5.91 Å². The summed E-state index contributed by atoms with van der Waals surface area (Å²) in [6.45, 7) is 3.07. The molecule has 1 N–H and O–H groups in total. The number of carbonyl (C=O) groups excluding carboxylic acids is 1. The molecule has 0 aliphatic carbocycles. The van der Waals surface area contributed by atoms with Gasteiger partial charge in [-0.2, -0.15) is 0 Å². The number of morpholine rings is 1. The van der Waals surface area contributed by atoms with Crippen molar-refractivity contribution in [3.8, 4) is 0 Å². The van der Waals surface area contributed by atoms with Crippen LogP contribution in [0.3, 0.4) is 0 Å². The van der Waals surface area contributed by atoms with Gasteiger partial charge < -0.3 is 10.1 Å². The number of ether oxygens (including phenoxy) is 1. The average molecular weight is 468 g/mol. The fraction of sp³-hybridized carbons (Fsp3) is 0.316. The fourth-order valence-electron chi connectivity index (χ4n) is 2.85. The van der Waals surface area contributed by atoms with Crippen molar-refractivity contribution in [1.82, 2.24) is 4.90 Å². The first kappa shape index (κ1) is 18.6. The van der Waals surface area contributed by atoms with Crippen LogP contribution in [-0.2, 0) is 9.53 Å². The van der Waals surface area contributed by atoms with Crippen LogP contribution in [0.4, 0.5) is 5.69 Å². The number of nitrogens with zero attached hydrogens (tertiary/aromatic N) is 1. The number of hydrogen-bond acceptors (Lipinski definition) is 3. The lowest BCUT2D eigenvalue weighted by molar-refractivity contribution is -0.117. The van der Waals surface area contributed by atoms with Crippen LogP contribution in [0.2, 0.25) is 0 Å². The second-order valence-corrected chi connectivity index (χ2v) is 7.76. The van der Waals surface area contributed by atoms with Gasteiger partial charge in [-0.25, -0.2) is 0 Å². The Balaban J connectivity index is 1.51. The molecule has 0 aromatic heterocycles. The van der Waals surface area contributed by atoms with Crippen LogP contribution in [0, 0.1) is 0 Å². The van der Waals surface area contributed by atoms with E-state index in [4.69, 9.17) is 4.74 Å². The standard InChI is InChI=1S/C19H20Br2N2O2/c20-15-5-3-4-14(12-15)18-13-23(10-11-25-18)9-8-19(24)22-17-7-2-1-6-16(17)21/h1-7,12,18H,8-11,13H2,(H,22,24). The molecule has 2 aromatic carbocycles. The number of anilines is 1. The quantitative estimate of drug-likeness (QED) is 0.697. The molecule has 1 unspecified atom stereocenters. The lowest BCUT2D eigenvalue weighted by Crippen LogP contribution is -2.39. The summed E-state index contributed by atoms with van der Waals surface area (Å²) in [5, 5.41) is 2.95. The third-order valence-corrected chi connectivity index (χ3v) is 5.36. The predicted molar refractivity (Wildman–Crippen MR) is 107 cm³/mol. The van der Waals surface area contributed by atoms with Crippen LogP contribution in [-0.4, -0.2) is 37.0 Å². The lowest BCUT2D eigenvalue weighted by atomic mass is 10.1. The highest BCUT2D eigenvalue weighted by atomic mass is 79.9. The Bertz CT molecular complexity index is 739. The van der Waals surface area contributed by atoms with Gasteiger partial charge in [-0.15, -0.1) is 0 Å². The van der Waals surface area contributed by atoms with Crippen LogP contribution < -0.4 is 5.32 Å². The Hall–Kier alpha value is -1.21. The van der Waals surface area contributed by atoms with E-state index in [0.29, 0.717) is 13.0 Å². The predicted octanol–water partition coefficient (Wildman–Crippen LogP) is 4.61. The molecular formula is C19H20Br2N2O2. The fourth-order valence-corrected chi connectivity index (χ4v) is 3.65. The maximum atomic E-state index is 12.2. The van der Waals surface area contributed by atoms with E-state index in [1.807, 2.05) is 36.4 Å². The van der Waals surface area contributed by atoms with Gasteiger partial charge in [0.1, 0.15) is 0 Å². The molecule has 1 amide bonds. The number of carbonyl (C=O) groups is 1. The van der Waals surface area contributed by atoms with Crippen molar-refractivity contribution in [2.45, 2.75) is 12.5 Å². The topological polar surface area (TPSA) is 41.6 Å². The zero-order valence-electron chi connectivity index (χ0n) is 13.8. The second-order valence-electron chi connectivity index (χ2n) is 5.99. The SMILES string of the molecule is O=C(CCN1CCOC(c2cccc(Br)c2)C1)Nc1ccccc1Br. The average Bonchev–Trinajstić information content (AvgIpc) is 2.62. The first-order valence-corrected chi connectivity index (χ1v) is 9.84. The van der Waals surface area contributed by atoms with E-state index >= 15 is 0 Å². The molecule has 1 saturated heterocycles. The molecule has 0 bridgehead atoms. The van der Waals surface area contributed by atoms with E-state index in [1.54, 1.807) is 0 Å². The molecule has 6 heteroatoms. The molecule has 3 rings (SSSR count). The highest BCUT2D eigenvalue weighted by molar-refractivity contribution is 9.10. The van der Waals surface area contributed by atoms with Crippen molar-refractivity contribution >= 4 is 43.5 Å². The van der Waals surface area contributed by atoms with E-state index in [1.165, 1.54) is 0 Å². The summed E-state index contributed by atoms with van der Waals surface area (Å²) in [6.07, 6.45) is 0.518. The number of hydrogen-bond donors (Lipinski definition) is 1. The Morgan fingerprint density at radius 3 is 2.84 bits per heavy atom. The molecule has 0 spiro atoms. The number of benzene rings is 2. The van der Waals surface area contributed by atoms with Crippen LogP contribution >= 0.6 is 31.9 Å². The number of halogens is 2. The zero-order chi connectivity index (χ0) is 17.6. The minimum Gasteiger partial charge on any atom is -0.371 e. The molecular weight excluding hydrogens is 448 g/mol. The summed E-state index contributed by atoms with van der Waals surface area (Å²) in [5.74, 6) is 0.0254. The first-order valence-electron chi connectivity index (χ1n) is 8.25. The number of para-hydroxylation sites is 1. The van der Waals surface area contributed by atoms with Crippen molar-refractivity contribution in [3.05, 3.63) is 63.0 Å². The van der Waals surface area contributed by atoms with Gasteiger partial charge in [0.05, 0.1) is 18.4 Å². The van der Waals surface area contributed by atoms with Gasteiger partial charge >= 0.3 is 0 Å². The molecule has 1 fully saturated rings. The molecule has 2 aromatic rings. The molecule has 1 heterocycles. The first-order chi connectivity index (χ1) is 12.1. The summed E-state index contributed by atoms with van der Waals surface area (Å²) in [7, 11) is 0. The molecule has 0 radical (unpaired) electrons. The maximum Gasteiger partial charge on any atom is 0.225 e. The largest absolute Gasteiger partial charge is 0.371 e. The minimum atomic E-state index is 0.0254. The normalized spacial score (nSPS) is 18.1. The van der Waals surface area contributed by atoms with Crippen molar-refractivity contribution in [2.75, 3.05) is 31.6 Å². The molecule has 25 heavy (non-hydrogen) atoms. The van der Waals surface area contributed by atoms with E-state index in [9.17, 15) is 4.79 Å². The van der Waals surface area contributed by atoms with Crippen LogP contribution in [0.1, 0.15) is 18.1 Å². The third-order valence-electron chi connectivity index (χ3n) is 4.17. The van der Waals surface area contributed by atoms with Gasteiger partial charge in [-0.3, -0.25) is 9.69 Å². The Kier molecular flexibility index (Phi) is 6.64. The Morgan fingerprint density at radius 2 is 2.04 bits per heavy atom. The molecule has 4 nitrogen and oxygen atoms in total. The van der Waals surface area contributed by atoms with E-state index in [2.05, 4.69) is 54.2 Å². The molecule has 132 valence electrons. The summed E-state index contributed by atoms with van der Waals surface area (Å²) < 4.78 is 7.85. The van der Waals surface area contributed by atoms with Gasteiger partial charge in [0, 0.05) is 35.0 Å². The van der Waals surface area contributed by atoms with Crippen LogP contribution in [0.15, 0.2) is 57.5 Å². The summed E-state index contributed by atoms with van der Waals surface area (Å²) >= 11 is 6.95. The molecule has 1 aliphatic heterocycles. The van der Waals surface area contributed by atoms with Gasteiger partial charge in [-0.05, 0) is 45.8 Å². The van der Waals surface area contributed by atoms with E-state index < -0.39 is 0 Å². The Morgan fingerprint density at radius 1 is 1.20 bits per heavy atom. The van der Waals surface area contributed by atoms with Gasteiger partial charge in [0.25, 0.3) is 0 Å². The van der Waals surface area contributed by atoms with Crippen molar-refractivity contribution in [2.24, 2.45) is 0 Å². The lowest BCUT2D eigenvalue weighted by Gasteiger charge is -2.33. The van der Waals surface area contributed by atoms with Crippen molar-refractivity contribution < 1.29 is 9.53 Å². The van der Waals surface area contributed by atoms with E-state index in [0.717, 1.165) is 39.8 Å². The highest BCUT2D eigenvalue weighted by Crippen LogP contribution is 2.25. The van der Waals surface area contributed by atoms with Crippen LogP contribution in [0.25, 0.3) is 0 Å². The monoisotopic (exact) mass is 466 g/mol. The highest BCUT2D eigenvalue weighted by Gasteiger charge is 2.22. The maximum absolute atomic E-state index is 12.2. The Labute approximate surface area is 164 Å². The molecule has 0 saturated carbocycles. The second kappa shape index (κ2) is 8.94. The van der Waals surface area contributed by atoms with Gasteiger partial charge in [-0.1, -0.05) is 40.2 Å². The number of amides is 1. The smallest absolute Gasteiger partial charge is 0.225 e. The summed E-state index contributed by atoms with van der Waals surface area (Å²) in [5.41, 5.74) is 1.97. The van der Waals surface area contributed by atoms with Crippen molar-refractivity contribution in [1.29, 1.82) is 0 Å². The summed E-state index contributed by atoms with van der Waals surface area (Å²) in [4.78, 5) is 14.5. The number of nitrogens with one attached hydrogen (secondary N) is 1. The third kappa shape index (κ3) is 5.38. The molecule has 1 aliphatic rings. The minimum absolute atomic E-state index is 0.0254. The van der Waals surface area contributed by atoms with E-state index in [-0.39, 0.29) is 12.0 Å².